The molecule has 0 fully saturated rings. The summed E-state index contributed by atoms with van der Waals surface area (Å²) >= 11 is 0. The molecule has 0 aliphatic carbocycles. The maximum atomic E-state index is 11.9. The van der Waals surface area contributed by atoms with Gasteiger partial charge in [-0.15, -0.1) is 0 Å². The fraction of sp³-hybridized carbons (Fsp3) is 0.529. The van der Waals surface area contributed by atoms with Crippen LogP contribution in [-0.2, 0) is 20.7 Å². The van der Waals surface area contributed by atoms with Gasteiger partial charge in [-0.25, -0.2) is 0 Å². The highest BCUT2D eigenvalue weighted by molar-refractivity contribution is 5.93. The second-order valence-electron chi connectivity index (χ2n) is 5.29. The maximum Gasteiger partial charge on any atom is 0.320 e. The van der Waals surface area contributed by atoms with Gasteiger partial charge >= 0.3 is 11.9 Å². The third-order valence-electron chi connectivity index (χ3n) is 3.57. The highest BCUT2D eigenvalue weighted by Crippen LogP contribution is 2.17. The Labute approximate surface area is 131 Å². The predicted octanol–water partition coefficient (Wildman–Crippen LogP) is 3.06. The highest BCUT2D eigenvalue weighted by Gasteiger charge is 2.28. The number of ether oxygens (including phenoxy) is 2. The minimum Gasteiger partial charge on any atom is -0.497 e. The summed E-state index contributed by atoms with van der Waals surface area (Å²) in [4.78, 5) is 23.1. The van der Waals surface area contributed by atoms with E-state index in [0.717, 1.165) is 11.3 Å². The number of carbonyl (C=O) groups is 2. The van der Waals surface area contributed by atoms with Crippen LogP contribution >= 0.6 is 0 Å². The number of carbonyl (C=O) groups excluding carboxylic acids is 1. The summed E-state index contributed by atoms with van der Waals surface area (Å²) < 4.78 is 10.3. The molecule has 1 rings (SSSR count). The van der Waals surface area contributed by atoms with Gasteiger partial charge in [0.1, 0.15) is 5.75 Å². The zero-order valence-corrected chi connectivity index (χ0v) is 13.4. The van der Waals surface area contributed by atoms with Crippen LogP contribution in [0.25, 0.3) is 0 Å². The highest BCUT2D eigenvalue weighted by atomic mass is 16.5. The second kappa shape index (κ2) is 9.07. The van der Waals surface area contributed by atoms with Crippen molar-refractivity contribution in [2.45, 2.75) is 45.6 Å². The standard InChI is InChI=1S/C17H24O5/c1-4-12(2)22-17(20)15(16(18)19)10-6-8-13-7-5-9-14(11-13)21-3/h5,7,9,11-12,15H,4,6,8,10H2,1-3H3,(H,18,19). The van der Waals surface area contributed by atoms with Gasteiger partial charge in [0.15, 0.2) is 5.92 Å². The van der Waals surface area contributed by atoms with Crippen LogP contribution < -0.4 is 4.74 Å². The van der Waals surface area contributed by atoms with E-state index in [0.29, 0.717) is 19.3 Å². The summed E-state index contributed by atoms with van der Waals surface area (Å²) in [7, 11) is 1.60. The summed E-state index contributed by atoms with van der Waals surface area (Å²) in [5.74, 6) is -2.10. The van der Waals surface area contributed by atoms with Crippen molar-refractivity contribution < 1.29 is 24.2 Å². The van der Waals surface area contributed by atoms with Crippen LogP contribution in [-0.4, -0.2) is 30.3 Å². The van der Waals surface area contributed by atoms with Crippen LogP contribution in [0.1, 0.15) is 38.7 Å². The number of hydrogen-bond donors (Lipinski definition) is 1. The Kier molecular flexibility index (Phi) is 7.43. The van der Waals surface area contributed by atoms with E-state index in [9.17, 15) is 14.7 Å². The van der Waals surface area contributed by atoms with Gasteiger partial charge in [-0.05, 0) is 50.3 Å². The fourth-order valence-electron chi connectivity index (χ4n) is 2.04. The minimum absolute atomic E-state index is 0.257. The molecular weight excluding hydrogens is 284 g/mol. The molecule has 0 saturated carbocycles. The number of benzene rings is 1. The largest absolute Gasteiger partial charge is 0.497 e. The SMILES string of the molecule is CCC(C)OC(=O)C(CCCc1cccc(OC)c1)C(=O)O. The van der Waals surface area contributed by atoms with Crippen molar-refractivity contribution in [2.24, 2.45) is 5.92 Å². The van der Waals surface area contributed by atoms with E-state index in [1.165, 1.54) is 0 Å². The van der Waals surface area contributed by atoms with Crippen molar-refractivity contribution in [3.63, 3.8) is 0 Å². The Balaban J connectivity index is 2.54. The molecule has 0 radical (unpaired) electrons. The Morgan fingerprint density at radius 1 is 1.32 bits per heavy atom. The van der Waals surface area contributed by atoms with Crippen LogP contribution in [0.5, 0.6) is 5.75 Å². The van der Waals surface area contributed by atoms with Gasteiger partial charge in [0, 0.05) is 0 Å². The van der Waals surface area contributed by atoms with Crippen LogP contribution in [0.3, 0.4) is 0 Å². The quantitative estimate of drug-likeness (QED) is 0.560. The monoisotopic (exact) mass is 308 g/mol. The number of methoxy groups -OCH3 is 1. The van der Waals surface area contributed by atoms with Gasteiger partial charge in [0.2, 0.25) is 0 Å². The van der Waals surface area contributed by atoms with E-state index < -0.39 is 17.9 Å². The number of carboxylic acid groups (broad SMARTS) is 1. The average Bonchev–Trinajstić information content (AvgIpc) is 2.51. The number of esters is 1. The van der Waals surface area contributed by atoms with Crippen molar-refractivity contribution in [1.29, 1.82) is 0 Å². The molecule has 5 heteroatoms. The lowest BCUT2D eigenvalue weighted by Crippen LogP contribution is -2.28. The zero-order valence-electron chi connectivity index (χ0n) is 13.4. The van der Waals surface area contributed by atoms with E-state index in [1.807, 2.05) is 31.2 Å². The number of hydrogen-bond acceptors (Lipinski definition) is 4. The minimum atomic E-state index is -1.13. The van der Waals surface area contributed by atoms with Gasteiger partial charge in [0.05, 0.1) is 13.2 Å². The first kappa shape index (κ1) is 18.0. The van der Waals surface area contributed by atoms with Crippen molar-refractivity contribution in [2.75, 3.05) is 7.11 Å². The number of aliphatic carboxylic acids is 1. The van der Waals surface area contributed by atoms with Gasteiger partial charge in [-0.3, -0.25) is 9.59 Å². The lowest BCUT2D eigenvalue weighted by atomic mass is 9.99. The Hall–Kier alpha value is -2.04. The normalized spacial score (nSPS) is 13.2. The van der Waals surface area contributed by atoms with E-state index in [-0.39, 0.29) is 12.5 Å². The first-order chi connectivity index (χ1) is 10.5. The lowest BCUT2D eigenvalue weighted by molar-refractivity contribution is -0.162. The van der Waals surface area contributed by atoms with Crippen LogP contribution in [0, 0.1) is 5.92 Å². The molecule has 0 bridgehead atoms. The van der Waals surface area contributed by atoms with E-state index in [4.69, 9.17) is 9.47 Å². The summed E-state index contributed by atoms with van der Waals surface area (Å²) in [5, 5.41) is 9.19. The van der Waals surface area contributed by atoms with E-state index >= 15 is 0 Å². The molecule has 0 spiro atoms. The molecule has 2 atom stereocenters. The lowest BCUT2D eigenvalue weighted by Gasteiger charge is -2.15. The van der Waals surface area contributed by atoms with Crippen molar-refractivity contribution in [1.82, 2.24) is 0 Å². The van der Waals surface area contributed by atoms with Gasteiger partial charge < -0.3 is 14.6 Å². The summed E-state index contributed by atoms with van der Waals surface area (Å²) in [5.41, 5.74) is 1.05. The molecule has 122 valence electrons. The Morgan fingerprint density at radius 2 is 2.05 bits per heavy atom. The molecule has 0 amide bonds. The maximum absolute atomic E-state index is 11.9. The Morgan fingerprint density at radius 3 is 2.64 bits per heavy atom. The van der Waals surface area contributed by atoms with Crippen LogP contribution in [0.15, 0.2) is 24.3 Å². The molecule has 2 unspecified atom stereocenters. The molecule has 0 aliphatic rings. The number of carboxylic acids is 1. The van der Waals surface area contributed by atoms with Gasteiger partial charge in [0.25, 0.3) is 0 Å². The summed E-state index contributed by atoms with van der Waals surface area (Å²) in [6.45, 7) is 3.64. The predicted molar refractivity (Wildman–Crippen MR) is 82.9 cm³/mol. The van der Waals surface area contributed by atoms with Gasteiger partial charge in [-0.1, -0.05) is 19.1 Å². The molecule has 1 aromatic rings. The molecule has 0 aromatic heterocycles. The smallest absolute Gasteiger partial charge is 0.320 e. The number of rotatable bonds is 9. The Bertz CT molecular complexity index is 498. The first-order valence-electron chi connectivity index (χ1n) is 7.54. The van der Waals surface area contributed by atoms with Crippen molar-refractivity contribution >= 4 is 11.9 Å². The molecule has 0 aliphatic heterocycles. The average molecular weight is 308 g/mol. The third-order valence-corrected chi connectivity index (χ3v) is 3.57. The molecule has 1 aromatic carbocycles. The topological polar surface area (TPSA) is 72.8 Å². The molecule has 1 N–H and O–H groups in total. The third kappa shape index (κ3) is 5.76. The molecular formula is C17H24O5. The van der Waals surface area contributed by atoms with E-state index in [2.05, 4.69) is 0 Å². The molecule has 0 heterocycles. The fourth-order valence-corrected chi connectivity index (χ4v) is 2.04. The van der Waals surface area contributed by atoms with Crippen molar-refractivity contribution in [3.8, 4) is 5.75 Å². The van der Waals surface area contributed by atoms with Crippen LogP contribution in [0.4, 0.5) is 0 Å². The van der Waals surface area contributed by atoms with Gasteiger partial charge in [-0.2, -0.15) is 0 Å². The van der Waals surface area contributed by atoms with Crippen molar-refractivity contribution in [3.05, 3.63) is 29.8 Å². The van der Waals surface area contributed by atoms with Crippen LogP contribution in [0.2, 0.25) is 0 Å². The molecule has 22 heavy (non-hydrogen) atoms. The second-order valence-corrected chi connectivity index (χ2v) is 5.29. The van der Waals surface area contributed by atoms with E-state index in [1.54, 1.807) is 14.0 Å². The molecule has 5 nitrogen and oxygen atoms in total. The summed E-state index contributed by atoms with van der Waals surface area (Å²) in [6.07, 6.45) is 1.97. The summed E-state index contributed by atoms with van der Waals surface area (Å²) in [6, 6.07) is 7.61. The molecule has 0 saturated heterocycles. The first-order valence-corrected chi connectivity index (χ1v) is 7.54. The zero-order chi connectivity index (χ0) is 16.5. The number of aryl methyl sites for hydroxylation is 1.